The van der Waals surface area contributed by atoms with E-state index in [2.05, 4.69) is 5.32 Å². The molecule has 10 heteroatoms. The van der Waals surface area contributed by atoms with Crippen molar-refractivity contribution in [3.05, 3.63) is 22.2 Å². The lowest BCUT2D eigenvalue weighted by atomic mass is 10.3. The van der Waals surface area contributed by atoms with Crippen LogP contribution in [0.3, 0.4) is 0 Å². The van der Waals surface area contributed by atoms with E-state index in [9.17, 15) is 13.2 Å². The summed E-state index contributed by atoms with van der Waals surface area (Å²) in [5.74, 6) is -0.489. The number of amides is 1. The molecule has 1 aromatic carbocycles. The second-order valence-electron chi connectivity index (χ2n) is 3.79. The van der Waals surface area contributed by atoms with E-state index in [1.807, 2.05) is 0 Å². The Balaban J connectivity index is 2.78. The van der Waals surface area contributed by atoms with Gasteiger partial charge in [0.25, 0.3) is 9.05 Å². The highest BCUT2D eigenvalue weighted by atomic mass is 35.7. The number of halogens is 3. The largest absolute Gasteiger partial charge is 0.382 e. The van der Waals surface area contributed by atoms with Crippen LogP contribution in [0.1, 0.15) is 0 Å². The Kier molecular flexibility index (Phi) is 7.19. The summed E-state index contributed by atoms with van der Waals surface area (Å²) < 4.78 is 32.2. The predicted octanol–water partition coefficient (Wildman–Crippen LogP) is 2.52. The average Bonchev–Trinajstić information content (AvgIpc) is 2.37. The molecule has 0 saturated heterocycles. The molecule has 0 spiro atoms. The number of hydrogen-bond donors (Lipinski definition) is 1. The molecule has 21 heavy (non-hydrogen) atoms. The fourth-order valence-corrected chi connectivity index (χ4v) is 2.79. The SMILES string of the molecule is COCCOCC(=O)Nc1c(Cl)cc(S(=O)(=O)Cl)cc1Cl. The van der Waals surface area contributed by atoms with Crippen molar-refractivity contribution in [2.24, 2.45) is 0 Å². The normalized spacial score (nSPS) is 11.4. The maximum Gasteiger partial charge on any atom is 0.261 e. The molecule has 1 rings (SSSR count). The van der Waals surface area contributed by atoms with Crippen LogP contribution in [0.2, 0.25) is 10.0 Å². The number of rotatable bonds is 7. The van der Waals surface area contributed by atoms with Crippen molar-refractivity contribution in [2.45, 2.75) is 4.90 Å². The number of methoxy groups -OCH3 is 1. The summed E-state index contributed by atoms with van der Waals surface area (Å²) >= 11 is 11.8. The van der Waals surface area contributed by atoms with Gasteiger partial charge in [-0.2, -0.15) is 0 Å². The van der Waals surface area contributed by atoms with Gasteiger partial charge < -0.3 is 14.8 Å². The van der Waals surface area contributed by atoms with Gasteiger partial charge in [0.05, 0.1) is 33.8 Å². The molecule has 0 saturated carbocycles. The van der Waals surface area contributed by atoms with Gasteiger partial charge >= 0.3 is 0 Å². The van der Waals surface area contributed by atoms with Crippen LogP contribution in [-0.4, -0.2) is 41.3 Å². The second kappa shape index (κ2) is 8.17. The van der Waals surface area contributed by atoms with Gasteiger partial charge in [-0.05, 0) is 12.1 Å². The molecule has 1 aromatic rings. The zero-order valence-corrected chi connectivity index (χ0v) is 13.9. The maximum absolute atomic E-state index is 11.6. The van der Waals surface area contributed by atoms with Crippen molar-refractivity contribution in [3.8, 4) is 0 Å². The molecule has 0 unspecified atom stereocenters. The zero-order valence-electron chi connectivity index (χ0n) is 10.9. The third-order valence-corrected chi connectivity index (χ3v) is 4.16. The van der Waals surface area contributed by atoms with Crippen molar-refractivity contribution >= 4 is 54.5 Å². The molecule has 0 heterocycles. The Bertz CT molecular complexity index is 597. The zero-order chi connectivity index (χ0) is 16.0. The van der Waals surface area contributed by atoms with E-state index in [1.165, 1.54) is 7.11 Å². The number of benzene rings is 1. The summed E-state index contributed by atoms with van der Waals surface area (Å²) in [4.78, 5) is 11.4. The Labute approximate surface area is 136 Å². The molecule has 1 amide bonds. The first-order valence-corrected chi connectivity index (χ1v) is 8.62. The van der Waals surface area contributed by atoms with Crippen LogP contribution >= 0.6 is 33.9 Å². The lowest BCUT2D eigenvalue weighted by Gasteiger charge is -2.10. The van der Waals surface area contributed by atoms with Crippen LogP contribution in [0.4, 0.5) is 5.69 Å². The molecule has 118 valence electrons. The number of carbonyl (C=O) groups excluding carboxylic acids is 1. The lowest BCUT2D eigenvalue weighted by Crippen LogP contribution is -2.20. The van der Waals surface area contributed by atoms with E-state index in [4.69, 9.17) is 43.4 Å². The van der Waals surface area contributed by atoms with E-state index < -0.39 is 15.0 Å². The second-order valence-corrected chi connectivity index (χ2v) is 7.17. The minimum Gasteiger partial charge on any atom is -0.382 e. The minimum atomic E-state index is -3.96. The first-order valence-electron chi connectivity index (χ1n) is 5.56. The van der Waals surface area contributed by atoms with Gasteiger partial charge in [-0.3, -0.25) is 4.79 Å². The fraction of sp³-hybridized carbons (Fsp3) is 0.364. The topological polar surface area (TPSA) is 81.7 Å². The Morgan fingerprint density at radius 2 is 1.81 bits per heavy atom. The lowest BCUT2D eigenvalue weighted by molar-refractivity contribution is -0.121. The first-order chi connectivity index (χ1) is 9.75. The van der Waals surface area contributed by atoms with Gasteiger partial charge in [-0.25, -0.2) is 8.42 Å². The summed E-state index contributed by atoms with van der Waals surface area (Å²) in [5.41, 5.74) is 0.0859. The monoisotopic (exact) mass is 375 g/mol. The van der Waals surface area contributed by atoms with Crippen molar-refractivity contribution < 1.29 is 22.7 Å². The van der Waals surface area contributed by atoms with Crippen LogP contribution in [-0.2, 0) is 23.3 Å². The summed E-state index contributed by atoms with van der Waals surface area (Å²) in [7, 11) is 2.74. The summed E-state index contributed by atoms with van der Waals surface area (Å²) in [6.45, 7) is 0.400. The number of ether oxygens (including phenoxy) is 2. The van der Waals surface area contributed by atoms with Crippen LogP contribution in [0.25, 0.3) is 0 Å². The predicted molar refractivity (Wildman–Crippen MR) is 80.8 cm³/mol. The van der Waals surface area contributed by atoms with Crippen LogP contribution < -0.4 is 5.32 Å². The van der Waals surface area contributed by atoms with Crippen molar-refractivity contribution in [1.29, 1.82) is 0 Å². The van der Waals surface area contributed by atoms with Crippen LogP contribution in [0, 0.1) is 0 Å². The van der Waals surface area contributed by atoms with Gasteiger partial charge in [0, 0.05) is 17.8 Å². The van der Waals surface area contributed by atoms with Gasteiger partial charge in [-0.15, -0.1) is 0 Å². The molecule has 6 nitrogen and oxygen atoms in total. The number of nitrogens with one attached hydrogen (secondary N) is 1. The molecule has 0 aliphatic rings. The molecular weight excluding hydrogens is 365 g/mol. The van der Waals surface area contributed by atoms with Crippen molar-refractivity contribution in [2.75, 3.05) is 32.2 Å². The minimum absolute atomic E-state index is 0.0491. The number of carbonyl (C=O) groups is 1. The van der Waals surface area contributed by atoms with E-state index >= 15 is 0 Å². The summed E-state index contributed by atoms with van der Waals surface area (Å²) in [5, 5.41) is 2.33. The molecular formula is C11H12Cl3NO5S. The number of anilines is 1. The third-order valence-electron chi connectivity index (χ3n) is 2.23. The molecule has 0 aliphatic heterocycles. The molecule has 0 aromatic heterocycles. The van der Waals surface area contributed by atoms with Crippen LogP contribution in [0.15, 0.2) is 17.0 Å². The van der Waals surface area contributed by atoms with Crippen molar-refractivity contribution in [1.82, 2.24) is 0 Å². The Morgan fingerprint density at radius 3 is 2.29 bits per heavy atom. The Hall–Kier alpha value is -0.570. The van der Waals surface area contributed by atoms with E-state index in [-0.39, 0.29) is 33.8 Å². The molecule has 0 radical (unpaired) electrons. The fourth-order valence-electron chi connectivity index (χ4n) is 1.29. The summed E-state index contributed by atoms with van der Waals surface area (Å²) in [6, 6.07) is 2.19. The molecule has 1 N–H and O–H groups in total. The average molecular weight is 377 g/mol. The Morgan fingerprint density at radius 1 is 1.24 bits per heavy atom. The van der Waals surface area contributed by atoms with Gasteiger partial charge in [0.1, 0.15) is 6.61 Å². The van der Waals surface area contributed by atoms with Crippen LogP contribution in [0.5, 0.6) is 0 Å². The molecule has 0 atom stereocenters. The smallest absolute Gasteiger partial charge is 0.261 e. The maximum atomic E-state index is 11.6. The quantitative estimate of drug-likeness (QED) is 0.584. The molecule has 0 bridgehead atoms. The van der Waals surface area contributed by atoms with E-state index in [0.717, 1.165) is 12.1 Å². The van der Waals surface area contributed by atoms with Gasteiger partial charge in [0.15, 0.2) is 0 Å². The third kappa shape index (κ3) is 5.98. The van der Waals surface area contributed by atoms with Gasteiger partial charge in [0.2, 0.25) is 5.91 Å². The van der Waals surface area contributed by atoms with Gasteiger partial charge in [-0.1, -0.05) is 23.2 Å². The highest BCUT2D eigenvalue weighted by molar-refractivity contribution is 8.13. The van der Waals surface area contributed by atoms with Crippen molar-refractivity contribution in [3.63, 3.8) is 0 Å². The standard InChI is InChI=1S/C11H12Cl3NO5S/c1-19-2-3-20-6-10(16)15-11-8(12)4-7(5-9(11)13)21(14,17)18/h4-5H,2-3,6H2,1H3,(H,15,16). The summed E-state index contributed by atoms with van der Waals surface area (Å²) in [6.07, 6.45) is 0. The molecule has 0 fully saturated rings. The highest BCUT2D eigenvalue weighted by Crippen LogP contribution is 2.34. The number of hydrogen-bond acceptors (Lipinski definition) is 5. The first kappa shape index (κ1) is 18.5. The van der Waals surface area contributed by atoms with E-state index in [1.54, 1.807) is 0 Å². The highest BCUT2D eigenvalue weighted by Gasteiger charge is 2.17. The van der Waals surface area contributed by atoms with E-state index in [0.29, 0.717) is 6.61 Å². The molecule has 0 aliphatic carbocycles.